The van der Waals surface area contributed by atoms with Crippen molar-refractivity contribution < 1.29 is 14.3 Å². The topological polar surface area (TPSA) is 59.6 Å². The molecule has 2 rings (SSSR count). The van der Waals surface area contributed by atoms with Crippen LogP contribution in [0.2, 0.25) is 5.02 Å². The molecule has 1 aliphatic heterocycles. The minimum atomic E-state index is -0.169. The number of hydrogen-bond acceptors (Lipinski definition) is 3. The van der Waals surface area contributed by atoms with Crippen molar-refractivity contribution in [2.45, 2.75) is 32.7 Å². The molecule has 0 spiro atoms. The van der Waals surface area contributed by atoms with Crippen molar-refractivity contribution in [2.24, 2.45) is 0 Å². The number of benzene rings is 1. The molecule has 2 N–H and O–H groups in total. The molecule has 0 atom stereocenters. The Morgan fingerprint density at radius 1 is 1.24 bits per heavy atom. The van der Waals surface area contributed by atoms with Gasteiger partial charge in [0.15, 0.2) is 11.5 Å². The molecule has 0 unspecified atom stereocenters. The maximum absolute atomic E-state index is 11.6. The molecule has 0 radical (unpaired) electrons. The van der Waals surface area contributed by atoms with Gasteiger partial charge >= 0.3 is 6.03 Å². The summed E-state index contributed by atoms with van der Waals surface area (Å²) in [5.41, 5.74) is 0.882. The fourth-order valence-corrected chi connectivity index (χ4v) is 2.38. The summed E-state index contributed by atoms with van der Waals surface area (Å²) < 4.78 is 11.0. The zero-order valence-corrected chi connectivity index (χ0v) is 13.0. The lowest BCUT2D eigenvalue weighted by Crippen LogP contribution is -2.35. The molecule has 5 nitrogen and oxygen atoms in total. The minimum absolute atomic E-state index is 0.169. The van der Waals surface area contributed by atoms with Crippen LogP contribution in [0.25, 0.3) is 0 Å². The van der Waals surface area contributed by atoms with Crippen LogP contribution in [0.1, 0.15) is 31.7 Å². The lowest BCUT2D eigenvalue weighted by atomic mass is 10.2. The van der Waals surface area contributed by atoms with Gasteiger partial charge in [0.1, 0.15) is 13.2 Å². The zero-order chi connectivity index (χ0) is 15.1. The smallest absolute Gasteiger partial charge is 0.315 e. The Morgan fingerprint density at radius 2 is 2.05 bits per heavy atom. The fourth-order valence-electron chi connectivity index (χ4n) is 2.09. The van der Waals surface area contributed by atoms with Gasteiger partial charge in [0.25, 0.3) is 0 Å². The number of carbonyl (C=O) groups excluding carboxylic acids is 1. The molecule has 0 saturated heterocycles. The van der Waals surface area contributed by atoms with Gasteiger partial charge in [-0.2, -0.15) is 0 Å². The highest BCUT2D eigenvalue weighted by molar-refractivity contribution is 6.32. The van der Waals surface area contributed by atoms with Gasteiger partial charge < -0.3 is 20.1 Å². The number of urea groups is 1. The predicted octanol–water partition coefficient (Wildman–Crippen LogP) is 3.10. The van der Waals surface area contributed by atoms with Gasteiger partial charge in [0, 0.05) is 13.1 Å². The van der Waals surface area contributed by atoms with E-state index in [0.717, 1.165) is 24.8 Å². The van der Waals surface area contributed by atoms with E-state index >= 15 is 0 Å². The molecule has 1 aliphatic rings. The standard InChI is InChI=1S/C15H21ClN2O3/c1-2-3-4-5-17-15(19)18-10-11-8-12(16)14-13(9-11)20-6-7-21-14/h8-9H,2-7,10H2,1H3,(H2,17,18,19). The van der Waals surface area contributed by atoms with Crippen LogP contribution < -0.4 is 20.1 Å². The molecule has 1 aromatic carbocycles. The normalized spacial score (nSPS) is 12.9. The SMILES string of the molecule is CCCCCNC(=O)NCc1cc(Cl)c2c(c1)OCCO2. The van der Waals surface area contributed by atoms with Crippen LogP contribution in [0.3, 0.4) is 0 Å². The van der Waals surface area contributed by atoms with Crippen molar-refractivity contribution in [1.29, 1.82) is 0 Å². The van der Waals surface area contributed by atoms with E-state index in [0.29, 0.717) is 42.8 Å². The van der Waals surface area contributed by atoms with E-state index < -0.39 is 0 Å². The van der Waals surface area contributed by atoms with Crippen molar-refractivity contribution in [3.63, 3.8) is 0 Å². The Balaban J connectivity index is 1.83. The summed E-state index contributed by atoms with van der Waals surface area (Å²) in [5.74, 6) is 1.21. The molecule has 0 aliphatic carbocycles. The van der Waals surface area contributed by atoms with Gasteiger partial charge in [-0.05, 0) is 24.1 Å². The molecule has 0 fully saturated rings. The Kier molecular flexibility index (Phi) is 5.99. The van der Waals surface area contributed by atoms with Crippen LogP contribution in [-0.4, -0.2) is 25.8 Å². The van der Waals surface area contributed by atoms with Gasteiger partial charge in [0.05, 0.1) is 5.02 Å². The second-order valence-electron chi connectivity index (χ2n) is 4.92. The van der Waals surface area contributed by atoms with E-state index in [9.17, 15) is 4.79 Å². The van der Waals surface area contributed by atoms with Gasteiger partial charge in [-0.1, -0.05) is 31.4 Å². The average molecular weight is 313 g/mol. The summed E-state index contributed by atoms with van der Waals surface area (Å²) in [4.78, 5) is 11.6. The van der Waals surface area contributed by atoms with Crippen LogP contribution in [0, 0.1) is 0 Å². The minimum Gasteiger partial charge on any atom is -0.486 e. The van der Waals surface area contributed by atoms with Gasteiger partial charge in [0.2, 0.25) is 0 Å². The monoisotopic (exact) mass is 312 g/mol. The predicted molar refractivity (Wildman–Crippen MR) is 82.2 cm³/mol. The molecule has 1 aromatic rings. The molecule has 0 aromatic heterocycles. The summed E-state index contributed by atoms with van der Waals surface area (Å²) in [7, 11) is 0. The van der Waals surface area contributed by atoms with E-state index in [1.54, 1.807) is 6.07 Å². The third kappa shape index (κ3) is 4.70. The Labute approximate surface area is 130 Å². The number of rotatable bonds is 6. The van der Waals surface area contributed by atoms with Crippen molar-refractivity contribution in [3.05, 3.63) is 22.7 Å². The van der Waals surface area contributed by atoms with Crippen molar-refractivity contribution in [1.82, 2.24) is 10.6 Å². The highest BCUT2D eigenvalue weighted by atomic mass is 35.5. The van der Waals surface area contributed by atoms with Crippen molar-refractivity contribution in [3.8, 4) is 11.5 Å². The molecule has 0 bridgehead atoms. The molecule has 1 heterocycles. The van der Waals surface area contributed by atoms with Gasteiger partial charge in [-0.25, -0.2) is 4.79 Å². The lowest BCUT2D eigenvalue weighted by molar-refractivity contribution is 0.171. The van der Waals surface area contributed by atoms with Crippen LogP contribution >= 0.6 is 11.6 Å². The third-order valence-electron chi connectivity index (χ3n) is 3.18. The number of fused-ring (bicyclic) bond motifs is 1. The number of unbranched alkanes of at least 4 members (excludes halogenated alkanes) is 2. The maximum atomic E-state index is 11.6. The molecular weight excluding hydrogens is 292 g/mol. The van der Waals surface area contributed by atoms with E-state index in [1.165, 1.54) is 0 Å². The van der Waals surface area contributed by atoms with Crippen LogP contribution in [0.5, 0.6) is 11.5 Å². The van der Waals surface area contributed by atoms with Crippen LogP contribution in [0.4, 0.5) is 4.79 Å². The van der Waals surface area contributed by atoms with Gasteiger partial charge in [-0.3, -0.25) is 0 Å². The Bertz CT molecular complexity index is 494. The number of nitrogens with one attached hydrogen (secondary N) is 2. The fraction of sp³-hybridized carbons (Fsp3) is 0.533. The third-order valence-corrected chi connectivity index (χ3v) is 3.46. The first-order valence-electron chi connectivity index (χ1n) is 7.30. The zero-order valence-electron chi connectivity index (χ0n) is 12.2. The second-order valence-corrected chi connectivity index (χ2v) is 5.33. The molecule has 2 amide bonds. The van der Waals surface area contributed by atoms with E-state index in [2.05, 4.69) is 17.6 Å². The maximum Gasteiger partial charge on any atom is 0.315 e. The summed E-state index contributed by atoms with van der Waals surface area (Å²) in [6, 6.07) is 3.46. The Hall–Kier alpha value is -1.62. The van der Waals surface area contributed by atoms with E-state index in [-0.39, 0.29) is 6.03 Å². The molecular formula is C15H21ClN2O3. The highest BCUT2D eigenvalue weighted by Gasteiger charge is 2.16. The summed E-state index contributed by atoms with van der Waals surface area (Å²) in [6.45, 7) is 4.24. The number of hydrogen-bond donors (Lipinski definition) is 2. The van der Waals surface area contributed by atoms with Gasteiger partial charge in [-0.15, -0.1) is 0 Å². The van der Waals surface area contributed by atoms with Crippen molar-refractivity contribution in [2.75, 3.05) is 19.8 Å². The Morgan fingerprint density at radius 3 is 2.86 bits per heavy atom. The second kappa shape index (κ2) is 7.98. The first kappa shape index (κ1) is 15.8. The number of halogens is 1. The number of carbonyl (C=O) groups is 1. The summed E-state index contributed by atoms with van der Waals surface area (Å²) >= 11 is 6.15. The lowest BCUT2D eigenvalue weighted by Gasteiger charge is -2.20. The van der Waals surface area contributed by atoms with Crippen LogP contribution in [0.15, 0.2) is 12.1 Å². The summed E-state index contributed by atoms with van der Waals surface area (Å²) in [6.07, 6.45) is 3.26. The number of amides is 2. The number of ether oxygens (including phenoxy) is 2. The summed E-state index contributed by atoms with van der Waals surface area (Å²) in [5, 5.41) is 6.14. The quantitative estimate of drug-likeness (QED) is 0.794. The average Bonchev–Trinajstić information content (AvgIpc) is 2.50. The van der Waals surface area contributed by atoms with E-state index in [4.69, 9.17) is 21.1 Å². The molecule has 21 heavy (non-hydrogen) atoms. The molecule has 6 heteroatoms. The largest absolute Gasteiger partial charge is 0.486 e. The van der Waals surface area contributed by atoms with Crippen LogP contribution in [-0.2, 0) is 6.54 Å². The van der Waals surface area contributed by atoms with Crippen molar-refractivity contribution >= 4 is 17.6 Å². The van der Waals surface area contributed by atoms with E-state index in [1.807, 2.05) is 6.07 Å². The highest BCUT2D eigenvalue weighted by Crippen LogP contribution is 2.38. The first-order chi connectivity index (χ1) is 10.2. The molecule has 0 saturated carbocycles. The first-order valence-corrected chi connectivity index (χ1v) is 7.68. The molecule has 116 valence electrons.